The van der Waals surface area contributed by atoms with Crippen molar-refractivity contribution in [2.24, 2.45) is 5.14 Å². The number of hydrogen-bond donors (Lipinski definition) is 2. The average molecular weight is 286 g/mol. The maximum absolute atomic E-state index is 11.7. The van der Waals surface area contributed by atoms with Crippen molar-refractivity contribution in [1.82, 2.24) is 0 Å². The van der Waals surface area contributed by atoms with Crippen molar-refractivity contribution in [2.45, 2.75) is 37.6 Å². The van der Waals surface area contributed by atoms with E-state index in [-0.39, 0.29) is 17.5 Å². The number of nitrogens with zero attached hydrogens (tertiary/aromatic N) is 1. The fraction of sp³-hybridized carbons (Fsp3) is 0.538. The van der Waals surface area contributed by atoms with Gasteiger partial charge < -0.3 is 10.0 Å². The van der Waals surface area contributed by atoms with Crippen LogP contribution < -0.4 is 10.0 Å². The molecule has 19 heavy (non-hydrogen) atoms. The fourth-order valence-corrected chi connectivity index (χ4v) is 3.02. The van der Waals surface area contributed by atoms with Crippen LogP contribution in [0.5, 0.6) is 0 Å². The van der Waals surface area contributed by atoms with Gasteiger partial charge in [-0.25, -0.2) is 13.6 Å². The van der Waals surface area contributed by atoms with E-state index in [1.807, 2.05) is 18.7 Å². The third kappa shape index (κ3) is 3.92. The summed E-state index contributed by atoms with van der Waals surface area (Å²) in [5.41, 5.74) is 0.563. The maximum Gasteiger partial charge on any atom is 0.240 e. The van der Waals surface area contributed by atoms with Crippen LogP contribution in [0.3, 0.4) is 0 Å². The molecule has 0 aromatic heterocycles. The Labute approximate surface area is 115 Å². The third-order valence-corrected chi connectivity index (χ3v) is 4.16. The number of benzene rings is 1. The van der Waals surface area contributed by atoms with Crippen LogP contribution >= 0.6 is 0 Å². The van der Waals surface area contributed by atoms with Gasteiger partial charge in [0.25, 0.3) is 0 Å². The van der Waals surface area contributed by atoms with Gasteiger partial charge >= 0.3 is 0 Å². The molecule has 6 heteroatoms. The molecular weight excluding hydrogens is 264 g/mol. The van der Waals surface area contributed by atoms with Gasteiger partial charge in [0, 0.05) is 12.6 Å². The molecule has 0 spiro atoms. The molecular formula is C13H22N2O3S. The van der Waals surface area contributed by atoms with Crippen LogP contribution in [0.15, 0.2) is 29.2 Å². The molecule has 0 unspecified atom stereocenters. The van der Waals surface area contributed by atoms with E-state index in [1.165, 1.54) is 6.07 Å². The number of nitrogens with two attached hydrogens (primary N) is 1. The van der Waals surface area contributed by atoms with Crippen molar-refractivity contribution in [3.63, 3.8) is 0 Å². The quantitative estimate of drug-likeness (QED) is 0.792. The van der Waals surface area contributed by atoms with Gasteiger partial charge in [0.1, 0.15) is 4.90 Å². The van der Waals surface area contributed by atoms with E-state index in [1.54, 1.807) is 18.2 Å². The summed E-state index contributed by atoms with van der Waals surface area (Å²) in [4.78, 5) is 2.02. The summed E-state index contributed by atoms with van der Waals surface area (Å²) in [7, 11) is -3.77. The molecule has 0 atom stereocenters. The van der Waals surface area contributed by atoms with Crippen molar-refractivity contribution in [1.29, 1.82) is 0 Å². The zero-order valence-electron chi connectivity index (χ0n) is 11.4. The molecule has 0 radical (unpaired) electrons. The summed E-state index contributed by atoms with van der Waals surface area (Å²) in [5, 5.41) is 14.5. The molecule has 0 aliphatic rings. The molecule has 0 bridgehead atoms. The largest absolute Gasteiger partial charge is 0.395 e. The molecule has 0 fully saturated rings. The number of para-hydroxylation sites is 1. The molecule has 1 aromatic carbocycles. The van der Waals surface area contributed by atoms with Crippen LogP contribution in [-0.4, -0.2) is 32.7 Å². The fourth-order valence-electron chi connectivity index (χ4n) is 2.27. The predicted octanol–water partition coefficient (Wildman–Crippen LogP) is 1.32. The Hall–Kier alpha value is -1.11. The molecule has 0 saturated heterocycles. The van der Waals surface area contributed by atoms with Crippen LogP contribution in [-0.2, 0) is 10.0 Å². The summed E-state index contributed by atoms with van der Waals surface area (Å²) in [6.07, 6.45) is 1.74. The monoisotopic (exact) mass is 286 g/mol. The minimum atomic E-state index is -3.77. The van der Waals surface area contributed by atoms with E-state index in [2.05, 4.69) is 0 Å². The number of anilines is 1. The average Bonchev–Trinajstić information content (AvgIpc) is 2.38. The van der Waals surface area contributed by atoms with Gasteiger partial charge in [-0.2, -0.15) is 0 Å². The van der Waals surface area contributed by atoms with E-state index in [0.717, 1.165) is 12.8 Å². The Morgan fingerprint density at radius 3 is 2.32 bits per heavy atom. The maximum atomic E-state index is 11.7. The molecule has 108 valence electrons. The summed E-state index contributed by atoms with van der Waals surface area (Å²) >= 11 is 0. The number of hydrogen-bond acceptors (Lipinski definition) is 4. The lowest BCUT2D eigenvalue weighted by Gasteiger charge is -2.33. The SMILES string of the molecule is CCC(CC)N(CCO)c1ccccc1S(N)(=O)=O. The Kier molecular flexibility index (Phi) is 5.78. The topological polar surface area (TPSA) is 83.6 Å². The van der Waals surface area contributed by atoms with Crippen molar-refractivity contribution in [2.75, 3.05) is 18.1 Å². The summed E-state index contributed by atoms with van der Waals surface area (Å²) in [5.74, 6) is 0. The van der Waals surface area contributed by atoms with Crippen molar-refractivity contribution < 1.29 is 13.5 Å². The molecule has 0 heterocycles. The summed E-state index contributed by atoms with van der Waals surface area (Å²) in [6.45, 7) is 4.44. The van der Waals surface area contributed by atoms with Crippen molar-refractivity contribution in [3.05, 3.63) is 24.3 Å². The second kappa shape index (κ2) is 6.88. The van der Waals surface area contributed by atoms with Gasteiger partial charge in [-0.15, -0.1) is 0 Å². The molecule has 5 nitrogen and oxygen atoms in total. The number of sulfonamides is 1. The third-order valence-electron chi connectivity index (χ3n) is 3.21. The second-order valence-corrected chi connectivity index (χ2v) is 5.93. The number of aliphatic hydroxyl groups is 1. The summed E-state index contributed by atoms with van der Waals surface area (Å²) < 4.78 is 23.3. The molecule has 1 aromatic rings. The first-order valence-corrected chi connectivity index (χ1v) is 7.99. The van der Waals surface area contributed by atoms with Crippen LogP contribution in [0.4, 0.5) is 5.69 Å². The van der Waals surface area contributed by atoms with Gasteiger partial charge in [-0.05, 0) is 25.0 Å². The highest BCUT2D eigenvalue weighted by molar-refractivity contribution is 7.89. The molecule has 0 aliphatic heterocycles. The van der Waals surface area contributed by atoms with Crippen LogP contribution in [0.25, 0.3) is 0 Å². The Balaban J connectivity index is 3.30. The lowest BCUT2D eigenvalue weighted by atomic mass is 10.1. The molecule has 0 saturated carbocycles. The minimum Gasteiger partial charge on any atom is -0.395 e. The first kappa shape index (κ1) is 15.9. The molecule has 3 N–H and O–H groups in total. The lowest BCUT2D eigenvalue weighted by molar-refractivity contribution is 0.295. The molecule has 0 amide bonds. The Morgan fingerprint density at radius 2 is 1.84 bits per heavy atom. The van der Waals surface area contributed by atoms with E-state index < -0.39 is 10.0 Å². The van der Waals surface area contributed by atoms with Gasteiger partial charge in [-0.3, -0.25) is 0 Å². The van der Waals surface area contributed by atoms with Gasteiger partial charge in [0.05, 0.1) is 12.3 Å². The number of aliphatic hydroxyl groups excluding tert-OH is 1. The highest BCUT2D eigenvalue weighted by atomic mass is 32.2. The smallest absolute Gasteiger partial charge is 0.240 e. The van der Waals surface area contributed by atoms with Gasteiger partial charge in [0.2, 0.25) is 10.0 Å². The zero-order valence-corrected chi connectivity index (χ0v) is 12.2. The molecule has 1 rings (SSSR count). The van der Waals surface area contributed by atoms with Crippen molar-refractivity contribution >= 4 is 15.7 Å². The number of primary sulfonamides is 1. The zero-order chi connectivity index (χ0) is 14.5. The molecule has 0 aliphatic carbocycles. The van der Waals surface area contributed by atoms with Crippen LogP contribution in [0, 0.1) is 0 Å². The number of rotatable bonds is 7. The van der Waals surface area contributed by atoms with Gasteiger partial charge in [-0.1, -0.05) is 26.0 Å². The highest BCUT2D eigenvalue weighted by Crippen LogP contribution is 2.27. The first-order chi connectivity index (χ1) is 8.95. The Morgan fingerprint density at radius 1 is 1.26 bits per heavy atom. The second-order valence-electron chi connectivity index (χ2n) is 4.40. The van der Waals surface area contributed by atoms with Crippen LogP contribution in [0.2, 0.25) is 0 Å². The highest BCUT2D eigenvalue weighted by Gasteiger charge is 2.22. The Bertz CT molecular complexity index is 498. The summed E-state index contributed by atoms with van der Waals surface area (Å²) in [6, 6.07) is 6.82. The van der Waals surface area contributed by atoms with E-state index in [9.17, 15) is 13.5 Å². The van der Waals surface area contributed by atoms with E-state index in [4.69, 9.17) is 5.14 Å². The van der Waals surface area contributed by atoms with E-state index >= 15 is 0 Å². The van der Waals surface area contributed by atoms with Crippen molar-refractivity contribution in [3.8, 4) is 0 Å². The normalized spacial score (nSPS) is 11.8. The standard InChI is InChI=1S/C13H22N2O3S/c1-3-11(4-2)15(9-10-16)12-7-5-6-8-13(12)19(14,17)18/h5-8,11,16H,3-4,9-10H2,1-2H3,(H2,14,17,18). The lowest BCUT2D eigenvalue weighted by Crippen LogP contribution is -2.38. The van der Waals surface area contributed by atoms with Gasteiger partial charge in [0.15, 0.2) is 0 Å². The first-order valence-electron chi connectivity index (χ1n) is 6.45. The minimum absolute atomic E-state index is 0.0323. The van der Waals surface area contributed by atoms with Crippen LogP contribution in [0.1, 0.15) is 26.7 Å². The van der Waals surface area contributed by atoms with E-state index in [0.29, 0.717) is 12.2 Å². The predicted molar refractivity (Wildman–Crippen MR) is 76.6 cm³/mol.